The zero-order valence-corrected chi connectivity index (χ0v) is 7.62. The van der Waals surface area contributed by atoms with Crippen LogP contribution in [0.2, 0.25) is 0 Å². The zero-order chi connectivity index (χ0) is 10.8. The molecule has 0 saturated carbocycles. The molecule has 3 N–H and O–H groups in total. The van der Waals surface area contributed by atoms with Crippen LogP contribution in [0.4, 0.5) is 5.69 Å². The van der Waals surface area contributed by atoms with Gasteiger partial charge in [-0.3, -0.25) is 4.68 Å². The molecule has 0 fully saturated rings. The molecule has 2 rings (SSSR count). The third kappa shape index (κ3) is 1.80. The minimum absolute atomic E-state index is 0.138. The van der Waals surface area contributed by atoms with Crippen LogP contribution in [0.1, 0.15) is 16.1 Å². The first-order chi connectivity index (χ1) is 7.16. The predicted molar refractivity (Wildman–Crippen MR) is 49.2 cm³/mol. The van der Waals surface area contributed by atoms with E-state index < -0.39 is 5.97 Å². The maximum atomic E-state index is 10.7. The highest BCUT2D eigenvalue weighted by Crippen LogP contribution is 2.10. The van der Waals surface area contributed by atoms with Crippen LogP contribution < -0.4 is 5.73 Å². The fourth-order valence-electron chi connectivity index (χ4n) is 1.18. The first-order valence-electron chi connectivity index (χ1n) is 4.11. The highest BCUT2D eigenvalue weighted by atomic mass is 16.5. The van der Waals surface area contributed by atoms with Gasteiger partial charge in [-0.25, -0.2) is 4.79 Å². The number of nitrogens with zero attached hydrogens (tertiary/aromatic N) is 3. The molecule has 0 aliphatic carbocycles. The van der Waals surface area contributed by atoms with Crippen molar-refractivity contribution in [3.8, 4) is 0 Å². The molecule has 0 bridgehead atoms. The first-order valence-corrected chi connectivity index (χ1v) is 4.11. The van der Waals surface area contributed by atoms with Gasteiger partial charge in [0.15, 0.2) is 5.69 Å². The number of aromatic nitrogens is 3. The van der Waals surface area contributed by atoms with E-state index in [0.29, 0.717) is 6.54 Å². The molecule has 0 amide bonds. The molecule has 0 unspecified atom stereocenters. The number of hydrogen-bond donors (Lipinski definition) is 2. The maximum Gasteiger partial charge on any atom is 0.358 e. The van der Waals surface area contributed by atoms with Gasteiger partial charge in [0.05, 0.1) is 18.4 Å². The van der Waals surface area contributed by atoms with E-state index in [-0.39, 0.29) is 11.4 Å². The third-order valence-electron chi connectivity index (χ3n) is 1.82. The summed E-state index contributed by atoms with van der Waals surface area (Å²) in [5, 5.41) is 16.0. The molecule has 7 heteroatoms. The number of carboxylic acids is 1. The van der Waals surface area contributed by atoms with Gasteiger partial charge in [0, 0.05) is 11.8 Å². The summed E-state index contributed by atoms with van der Waals surface area (Å²) in [6, 6.07) is 0. The lowest BCUT2D eigenvalue weighted by Crippen LogP contribution is -2.04. The van der Waals surface area contributed by atoms with Crippen LogP contribution in [0, 0.1) is 0 Å². The summed E-state index contributed by atoms with van der Waals surface area (Å²) in [5.41, 5.74) is 6.25. The molecule has 2 aromatic rings. The van der Waals surface area contributed by atoms with Gasteiger partial charge < -0.3 is 15.4 Å². The Morgan fingerprint density at radius 3 is 3.00 bits per heavy atom. The molecule has 2 heterocycles. The molecule has 0 radical (unpaired) electrons. The van der Waals surface area contributed by atoms with Crippen LogP contribution in [-0.2, 0) is 6.54 Å². The van der Waals surface area contributed by atoms with Crippen molar-refractivity contribution in [2.75, 3.05) is 5.73 Å². The second kappa shape index (κ2) is 3.45. The van der Waals surface area contributed by atoms with Crippen molar-refractivity contribution in [2.45, 2.75) is 6.54 Å². The molecule has 78 valence electrons. The van der Waals surface area contributed by atoms with E-state index in [4.69, 9.17) is 10.8 Å². The number of aromatic carboxylic acids is 1. The summed E-state index contributed by atoms with van der Waals surface area (Å²) >= 11 is 0. The normalized spacial score (nSPS) is 10.4. The van der Waals surface area contributed by atoms with Crippen LogP contribution in [0.3, 0.4) is 0 Å². The summed E-state index contributed by atoms with van der Waals surface area (Å²) < 4.78 is 6.05. The summed E-state index contributed by atoms with van der Waals surface area (Å²) in [7, 11) is 0. The van der Waals surface area contributed by atoms with Crippen molar-refractivity contribution in [3.05, 3.63) is 29.9 Å². The SMILES string of the molecule is Nc1cn(Cc2cnoc2)nc1C(=O)O. The Bertz CT molecular complexity index is 474. The zero-order valence-electron chi connectivity index (χ0n) is 7.62. The number of carbonyl (C=O) groups is 1. The van der Waals surface area contributed by atoms with Crippen molar-refractivity contribution < 1.29 is 14.4 Å². The molecule has 0 aliphatic rings. The Balaban J connectivity index is 2.23. The van der Waals surface area contributed by atoms with E-state index in [1.807, 2.05) is 0 Å². The van der Waals surface area contributed by atoms with Gasteiger partial charge >= 0.3 is 5.97 Å². The van der Waals surface area contributed by atoms with Gasteiger partial charge in [-0.05, 0) is 0 Å². The van der Waals surface area contributed by atoms with Gasteiger partial charge in [0.2, 0.25) is 0 Å². The molecule has 2 aromatic heterocycles. The van der Waals surface area contributed by atoms with Gasteiger partial charge in [0.1, 0.15) is 6.26 Å². The Morgan fingerprint density at radius 2 is 2.47 bits per heavy atom. The molecular formula is C8H8N4O3. The minimum atomic E-state index is -1.14. The van der Waals surface area contributed by atoms with Gasteiger partial charge in [0.25, 0.3) is 0 Å². The quantitative estimate of drug-likeness (QED) is 0.746. The molecular weight excluding hydrogens is 200 g/mol. The fourth-order valence-corrected chi connectivity index (χ4v) is 1.18. The number of rotatable bonds is 3. The standard InChI is InChI=1S/C8H8N4O3/c9-6-3-12(11-7(6)8(13)14)2-5-1-10-15-4-5/h1,3-4H,2,9H2,(H,13,14). The van der Waals surface area contributed by atoms with E-state index in [2.05, 4.69) is 14.8 Å². The van der Waals surface area contributed by atoms with Crippen LogP contribution in [0.25, 0.3) is 0 Å². The lowest BCUT2D eigenvalue weighted by atomic mass is 10.4. The van der Waals surface area contributed by atoms with Crippen molar-refractivity contribution in [1.82, 2.24) is 14.9 Å². The first kappa shape index (κ1) is 9.25. The summed E-state index contributed by atoms with van der Waals surface area (Å²) in [4.78, 5) is 10.7. The summed E-state index contributed by atoms with van der Waals surface area (Å²) in [5.74, 6) is -1.14. The number of nitrogens with two attached hydrogens (primary N) is 1. The predicted octanol–water partition coefficient (Wildman–Crippen LogP) is 0.200. The largest absolute Gasteiger partial charge is 0.476 e. The van der Waals surface area contributed by atoms with Crippen molar-refractivity contribution in [3.63, 3.8) is 0 Å². The summed E-state index contributed by atoms with van der Waals surface area (Å²) in [6.45, 7) is 0.376. The Morgan fingerprint density at radius 1 is 1.67 bits per heavy atom. The Kier molecular flexibility index (Phi) is 2.13. The lowest BCUT2D eigenvalue weighted by Gasteiger charge is -1.94. The minimum Gasteiger partial charge on any atom is -0.476 e. The molecule has 0 saturated heterocycles. The second-order valence-electron chi connectivity index (χ2n) is 2.97. The molecule has 0 spiro atoms. The average Bonchev–Trinajstić information content (AvgIpc) is 2.75. The number of carboxylic acid groups (broad SMARTS) is 1. The van der Waals surface area contributed by atoms with Crippen molar-refractivity contribution in [1.29, 1.82) is 0 Å². The monoisotopic (exact) mass is 208 g/mol. The highest BCUT2D eigenvalue weighted by molar-refractivity contribution is 5.91. The van der Waals surface area contributed by atoms with E-state index in [1.165, 1.54) is 23.3 Å². The van der Waals surface area contributed by atoms with Crippen LogP contribution in [0.5, 0.6) is 0 Å². The Labute approximate surface area is 84.1 Å². The smallest absolute Gasteiger partial charge is 0.358 e. The molecule has 0 aromatic carbocycles. The number of anilines is 1. The van der Waals surface area contributed by atoms with E-state index in [0.717, 1.165) is 5.56 Å². The molecule has 15 heavy (non-hydrogen) atoms. The van der Waals surface area contributed by atoms with Gasteiger partial charge in [-0.1, -0.05) is 5.16 Å². The van der Waals surface area contributed by atoms with E-state index in [1.54, 1.807) is 0 Å². The van der Waals surface area contributed by atoms with Gasteiger partial charge in [-0.2, -0.15) is 5.10 Å². The highest BCUT2D eigenvalue weighted by Gasteiger charge is 2.13. The molecule has 0 aliphatic heterocycles. The topological polar surface area (TPSA) is 107 Å². The molecule has 0 atom stereocenters. The molecule has 7 nitrogen and oxygen atoms in total. The lowest BCUT2D eigenvalue weighted by molar-refractivity contribution is 0.0690. The van der Waals surface area contributed by atoms with E-state index in [9.17, 15) is 4.79 Å². The fraction of sp³-hybridized carbons (Fsp3) is 0.125. The van der Waals surface area contributed by atoms with Crippen molar-refractivity contribution in [2.24, 2.45) is 0 Å². The average molecular weight is 208 g/mol. The number of hydrogen-bond acceptors (Lipinski definition) is 5. The van der Waals surface area contributed by atoms with Crippen LogP contribution in [-0.4, -0.2) is 26.0 Å². The van der Waals surface area contributed by atoms with E-state index >= 15 is 0 Å². The van der Waals surface area contributed by atoms with Crippen molar-refractivity contribution >= 4 is 11.7 Å². The maximum absolute atomic E-state index is 10.7. The number of nitrogen functional groups attached to an aromatic ring is 1. The van der Waals surface area contributed by atoms with Crippen LogP contribution in [0.15, 0.2) is 23.2 Å². The Hall–Kier alpha value is -2.31. The van der Waals surface area contributed by atoms with Crippen LogP contribution >= 0.6 is 0 Å². The third-order valence-corrected chi connectivity index (χ3v) is 1.82. The second-order valence-corrected chi connectivity index (χ2v) is 2.97. The van der Waals surface area contributed by atoms with Gasteiger partial charge in [-0.15, -0.1) is 0 Å². The summed E-state index contributed by atoms with van der Waals surface area (Å²) in [6.07, 6.45) is 4.44.